The summed E-state index contributed by atoms with van der Waals surface area (Å²) < 4.78 is 16.2. The number of rotatable bonds is 10. The van der Waals surface area contributed by atoms with Crippen LogP contribution in [0.4, 0.5) is 0 Å². The first-order chi connectivity index (χ1) is 13.4. The van der Waals surface area contributed by atoms with Crippen LogP contribution in [0.5, 0.6) is 17.2 Å². The predicted octanol–water partition coefficient (Wildman–Crippen LogP) is 4.33. The Kier molecular flexibility index (Phi) is 8.14. The molecule has 0 aliphatic heterocycles. The van der Waals surface area contributed by atoms with Crippen LogP contribution < -0.4 is 15.1 Å². The van der Waals surface area contributed by atoms with Gasteiger partial charge in [-0.15, -0.1) is 0 Å². The Bertz CT molecular complexity index is 903. The van der Waals surface area contributed by atoms with E-state index in [1.165, 1.54) is 5.57 Å². The van der Waals surface area contributed by atoms with Crippen LogP contribution in [0.25, 0.3) is 11.0 Å². The van der Waals surface area contributed by atoms with Crippen molar-refractivity contribution < 1.29 is 24.1 Å². The Morgan fingerprint density at radius 2 is 1.96 bits per heavy atom. The number of aliphatic hydroxyl groups excluding tert-OH is 1. The smallest absolute Gasteiger partial charge is 0.383 e. The maximum Gasteiger partial charge on any atom is 0.383 e. The van der Waals surface area contributed by atoms with E-state index in [1.807, 2.05) is 13.0 Å². The third-order valence-corrected chi connectivity index (χ3v) is 4.13. The Balaban J connectivity index is 2.13. The minimum absolute atomic E-state index is 0.0347. The van der Waals surface area contributed by atoms with Crippen molar-refractivity contribution in [2.75, 3.05) is 19.8 Å². The number of aromatic hydroxyl groups is 1. The molecule has 0 atom stereocenters. The van der Waals surface area contributed by atoms with Crippen molar-refractivity contribution in [2.24, 2.45) is 0 Å². The van der Waals surface area contributed by atoms with Gasteiger partial charge >= 0.3 is 5.63 Å². The molecule has 152 valence electrons. The van der Waals surface area contributed by atoms with E-state index in [1.54, 1.807) is 18.2 Å². The van der Waals surface area contributed by atoms with Gasteiger partial charge in [-0.1, -0.05) is 17.2 Å². The maximum atomic E-state index is 12.1. The molecule has 2 aromatic rings. The molecular formula is C22H28O6. The van der Waals surface area contributed by atoms with Crippen LogP contribution in [-0.4, -0.2) is 30.0 Å². The highest BCUT2D eigenvalue weighted by molar-refractivity contribution is 5.86. The summed E-state index contributed by atoms with van der Waals surface area (Å²) in [4.78, 5) is 12.1. The zero-order valence-corrected chi connectivity index (χ0v) is 16.7. The molecule has 0 saturated carbocycles. The third kappa shape index (κ3) is 6.16. The number of allylic oxidation sites excluding steroid dienone is 3. The van der Waals surface area contributed by atoms with Crippen LogP contribution in [0, 0.1) is 0 Å². The highest BCUT2D eigenvalue weighted by Crippen LogP contribution is 2.33. The summed E-state index contributed by atoms with van der Waals surface area (Å²) in [5.41, 5.74) is 1.94. The fraction of sp³-hybridized carbons (Fsp3) is 0.409. The van der Waals surface area contributed by atoms with Gasteiger partial charge in [-0.2, -0.15) is 0 Å². The lowest BCUT2D eigenvalue weighted by molar-refractivity contribution is 0.233. The van der Waals surface area contributed by atoms with E-state index in [4.69, 9.17) is 19.0 Å². The first-order valence-corrected chi connectivity index (χ1v) is 9.37. The standard InChI is InChI=1S/C22H28O6/c1-15(2)6-4-7-16(3)10-13-27-21-20(24)18-14-17(26-12-5-11-23)8-9-19(18)28-22(21)25/h6,8-10,14,23-24H,4-5,7,11-13H2,1-3H3/b16-10+. The van der Waals surface area contributed by atoms with Gasteiger partial charge in [0.05, 0.1) is 12.0 Å². The van der Waals surface area contributed by atoms with Crippen LogP contribution in [0.2, 0.25) is 0 Å². The normalized spacial score (nSPS) is 11.5. The van der Waals surface area contributed by atoms with E-state index in [0.29, 0.717) is 24.2 Å². The van der Waals surface area contributed by atoms with Gasteiger partial charge in [0.1, 0.15) is 17.9 Å². The highest BCUT2D eigenvalue weighted by Gasteiger charge is 2.16. The van der Waals surface area contributed by atoms with Crippen molar-refractivity contribution in [3.63, 3.8) is 0 Å². The third-order valence-electron chi connectivity index (χ3n) is 4.13. The van der Waals surface area contributed by atoms with Crippen molar-refractivity contribution in [3.8, 4) is 17.2 Å². The topological polar surface area (TPSA) is 89.1 Å². The van der Waals surface area contributed by atoms with Gasteiger partial charge in [-0.25, -0.2) is 4.79 Å². The summed E-state index contributed by atoms with van der Waals surface area (Å²) in [5.74, 6) is 0.0221. The van der Waals surface area contributed by atoms with Gasteiger partial charge in [-0.05, 0) is 57.9 Å². The molecule has 0 spiro atoms. The molecule has 2 rings (SSSR count). The SMILES string of the molecule is CC(C)=CCC/C(C)=C/COc1c(O)c2cc(OCCCO)ccc2oc1=O. The van der Waals surface area contributed by atoms with Crippen LogP contribution in [-0.2, 0) is 0 Å². The first-order valence-electron chi connectivity index (χ1n) is 9.37. The zero-order valence-electron chi connectivity index (χ0n) is 16.7. The number of benzene rings is 1. The van der Waals surface area contributed by atoms with Gasteiger partial charge in [0.15, 0.2) is 5.75 Å². The first kappa shape index (κ1) is 21.6. The molecular weight excluding hydrogens is 360 g/mol. The summed E-state index contributed by atoms with van der Waals surface area (Å²) in [6, 6.07) is 4.78. The van der Waals surface area contributed by atoms with E-state index in [-0.39, 0.29) is 30.3 Å². The number of hydrogen-bond acceptors (Lipinski definition) is 6. The van der Waals surface area contributed by atoms with Crippen LogP contribution in [0.1, 0.15) is 40.0 Å². The van der Waals surface area contributed by atoms with Gasteiger partial charge < -0.3 is 24.1 Å². The summed E-state index contributed by atoms with van der Waals surface area (Å²) in [5, 5.41) is 19.6. The second-order valence-corrected chi connectivity index (χ2v) is 6.83. The second-order valence-electron chi connectivity index (χ2n) is 6.83. The predicted molar refractivity (Wildman–Crippen MR) is 109 cm³/mol. The molecule has 28 heavy (non-hydrogen) atoms. The van der Waals surface area contributed by atoms with E-state index < -0.39 is 5.63 Å². The molecule has 0 bridgehead atoms. The molecule has 0 aliphatic rings. The molecule has 2 N–H and O–H groups in total. The number of aliphatic hydroxyl groups is 1. The van der Waals surface area contributed by atoms with Gasteiger partial charge in [-0.3, -0.25) is 0 Å². The Hall–Kier alpha value is -2.73. The van der Waals surface area contributed by atoms with E-state index in [9.17, 15) is 9.90 Å². The Morgan fingerprint density at radius 1 is 1.18 bits per heavy atom. The lowest BCUT2D eigenvalue weighted by atomic mass is 10.1. The monoisotopic (exact) mass is 388 g/mol. The highest BCUT2D eigenvalue weighted by atomic mass is 16.5. The molecule has 1 heterocycles. The summed E-state index contributed by atoms with van der Waals surface area (Å²) in [6.45, 7) is 6.67. The second kappa shape index (κ2) is 10.6. The van der Waals surface area contributed by atoms with E-state index >= 15 is 0 Å². The fourth-order valence-electron chi connectivity index (χ4n) is 2.58. The lowest BCUT2D eigenvalue weighted by Crippen LogP contribution is -2.08. The largest absolute Gasteiger partial charge is 0.504 e. The molecule has 6 nitrogen and oxygen atoms in total. The van der Waals surface area contributed by atoms with Crippen LogP contribution in [0.3, 0.4) is 0 Å². The molecule has 0 amide bonds. The fourth-order valence-corrected chi connectivity index (χ4v) is 2.58. The van der Waals surface area contributed by atoms with E-state index in [2.05, 4.69) is 19.9 Å². The van der Waals surface area contributed by atoms with Crippen molar-refractivity contribution in [1.29, 1.82) is 0 Å². The number of fused-ring (bicyclic) bond motifs is 1. The molecule has 0 saturated heterocycles. The molecule has 1 aromatic carbocycles. The number of hydrogen-bond donors (Lipinski definition) is 2. The Morgan fingerprint density at radius 3 is 2.68 bits per heavy atom. The summed E-state index contributed by atoms with van der Waals surface area (Å²) in [6.07, 6.45) is 6.41. The minimum atomic E-state index is -0.727. The quantitative estimate of drug-likeness (QED) is 0.358. The van der Waals surface area contributed by atoms with Gasteiger partial charge in [0.25, 0.3) is 0 Å². The van der Waals surface area contributed by atoms with Crippen LogP contribution >= 0.6 is 0 Å². The summed E-state index contributed by atoms with van der Waals surface area (Å²) >= 11 is 0. The summed E-state index contributed by atoms with van der Waals surface area (Å²) in [7, 11) is 0. The molecule has 6 heteroatoms. The Labute approximate surface area is 164 Å². The van der Waals surface area contributed by atoms with Gasteiger partial charge in [0.2, 0.25) is 5.75 Å². The van der Waals surface area contributed by atoms with Crippen LogP contribution in [0.15, 0.2) is 50.7 Å². The molecule has 0 radical (unpaired) electrons. The minimum Gasteiger partial charge on any atom is -0.504 e. The molecule has 0 aliphatic carbocycles. The average molecular weight is 388 g/mol. The van der Waals surface area contributed by atoms with Crippen molar-refractivity contribution in [3.05, 3.63) is 51.9 Å². The van der Waals surface area contributed by atoms with E-state index in [0.717, 1.165) is 18.4 Å². The van der Waals surface area contributed by atoms with Crippen molar-refractivity contribution in [2.45, 2.75) is 40.0 Å². The number of ether oxygens (including phenoxy) is 2. The molecule has 1 aromatic heterocycles. The zero-order chi connectivity index (χ0) is 20.5. The molecule has 0 fully saturated rings. The van der Waals surface area contributed by atoms with Gasteiger partial charge in [0, 0.05) is 13.0 Å². The van der Waals surface area contributed by atoms with Crippen molar-refractivity contribution >= 4 is 11.0 Å². The molecule has 0 unspecified atom stereocenters. The average Bonchev–Trinajstić information content (AvgIpc) is 2.65. The van der Waals surface area contributed by atoms with Crippen molar-refractivity contribution in [1.82, 2.24) is 0 Å². The lowest BCUT2D eigenvalue weighted by Gasteiger charge is -2.09. The maximum absolute atomic E-state index is 12.1.